The van der Waals surface area contributed by atoms with Gasteiger partial charge in [-0.2, -0.15) is 0 Å². The third kappa shape index (κ3) is 6.23. The normalized spacial score (nSPS) is 12.4. The maximum atomic E-state index is 13.5. The van der Waals surface area contributed by atoms with Gasteiger partial charge < -0.3 is 10.1 Å². The highest BCUT2D eigenvalue weighted by molar-refractivity contribution is 7.92. The standard InChI is InChI=1S/C27H27ClFN5O5S/c1-15(2)39-26-23(33-40(37,38)24-8-6-19(29)11-21(24)28)10-18(12-31-26)17-5-7-22-20(9-17)27(36)34(14-32-22)13-16(3)25(35)30-4/h5-12,14-16,33H,13H2,1-4H3,(H,30,35)/t16-/m1/s1. The molecule has 0 spiro atoms. The van der Waals surface area contributed by atoms with E-state index in [2.05, 4.69) is 20.0 Å². The fourth-order valence-corrected chi connectivity index (χ4v) is 5.57. The van der Waals surface area contributed by atoms with Crippen molar-refractivity contribution in [1.82, 2.24) is 19.9 Å². The zero-order chi connectivity index (χ0) is 29.2. The van der Waals surface area contributed by atoms with Crippen LogP contribution in [0.3, 0.4) is 0 Å². The fourth-order valence-electron chi connectivity index (χ4n) is 3.99. The Morgan fingerprint density at radius 2 is 1.85 bits per heavy atom. The molecule has 0 saturated heterocycles. The largest absolute Gasteiger partial charge is 0.473 e. The van der Waals surface area contributed by atoms with E-state index < -0.39 is 21.8 Å². The average molecular weight is 588 g/mol. The molecule has 0 aliphatic heterocycles. The first-order valence-corrected chi connectivity index (χ1v) is 14.1. The molecule has 40 heavy (non-hydrogen) atoms. The van der Waals surface area contributed by atoms with Crippen molar-refractivity contribution in [2.75, 3.05) is 11.8 Å². The van der Waals surface area contributed by atoms with E-state index in [9.17, 15) is 22.4 Å². The Hall–Kier alpha value is -4.03. The summed E-state index contributed by atoms with van der Waals surface area (Å²) in [6.07, 6.45) is 2.57. The molecular formula is C27H27ClFN5O5S. The summed E-state index contributed by atoms with van der Waals surface area (Å²) in [6, 6.07) is 9.49. The number of nitrogens with one attached hydrogen (secondary N) is 2. The molecule has 0 bridgehead atoms. The lowest BCUT2D eigenvalue weighted by Crippen LogP contribution is -2.32. The number of benzene rings is 2. The third-order valence-corrected chi connectivity index (χ3v) is 7.80. The number of sulfonamides is 1. The van der Waals surface area contributed by atoms with Gasteiger partial charge in [-0.05, 0) is 55.8 Å². The molecule has 0 aliphatic rings. The van der Waals surface area contributed by atoms with Gasteiger partial charge in [0, 0.05) is 25.4 Å². The number of nitrogens with zero attached hydrogens (tertiary/aromatic N) is 3. The molecule has 4 aromatic rings. The Kier molecular flexibility index (Phi) is 8.40. The van der Waals surface area contributed by atoms with Crippen LogP contribution in [0.5, 0.6) is 5.88 Å². The maximum absolute atomic E-state index is 13.5. The van der Waals surface area contributed by atoms with Crippen molar-refractivity contribution in [3.8, 4) is 17.0 Å². The minimum absolute atomic E-state index is 0.0218. The summed E-state index contributed by atoms with van der Waals surface area (Å²) in [4.78, 5) is 33.5. The molecule has 2 heterocycles. The molecular weight excluding hydrogens is 561 g/mol. The van der Waals surface area contributed by atoms with Crippen LogP contribution in [0.25, 0.3) is 22.0 Å². The molecule has 0 fully saturated rings. The van der Waals surface area contributed by atoms with Crippen molar-refractivity contribution in [3.63, 3.8) is 0 Å². The second-order valence-corrected chi connectivity index (χ2v) is 11.4. The van der Waals surface area contributed by atoms with Gasteiger partial charge in [0.15, 0.2) is 0 Å². The second kappa shape index (κ2) is 11.6. The first-order chi connectivity index (χ1) is 18.9. The van der Waals surface area contributed by atoms with Crippen molar-refractivity contribution < 1.29 is 22.3 Å². The third-order valence-electron chi connectivity index (χ3n) is 5.95. The number of amides is 1. The summed E-state index contributed by atoms with van der Waals surface area (Å²) in [5.74, 6) is -1.31. The van der Waals surface area contributed by atoms with Gasteiger partial charge in [-0.25, -0.2) is 22.8 Å². The number of fused-ring (bicyclic) bond motifs is 1. The number of rotatable bonds is 9. The highest BCUT2D eigenvalue weighted by atomic mass is 35.5. The number of pyridine rings is 1. The maximum Gasteiger partial charge on any atom is 0.263 e. The predicted octanol–water partition coefficient (Wildman–Crippen LogP) is 4.22. The molecule has 0 aliphatic carbocycles. The van der Waals surface area contributed by atoms with E-state index in [0.717, 1.165) is 18.2 Å². The summed E-state index contributed by atoms with van der Waals surface area (Å²) >= 11 is 6.01. The lowest BCUT2D eigenvalue weighted by atomic mass is 10.0. The van der Waals surface area contributed by atoms with Crippen molar-refractivity contribution in [2.24, 2.45) is 5.92 Å². The van der Waals surface area contributed by atoms with Crippen LogP contribution in [0.2, 0.25) is 5.02 Å². The molecule has 2 aromatic heterocycles. The highest BCUT2D eigenvalue weighted by Gasteiger charge is 2.22. The van der Waals surface area contributed by atoms with Gasteiger partial charge in [0.2, 0.25) is 11.8 Å². The predicted molar refractivity (Wildman–Crippen MR) is 150 cm³/mol. The monoisotopic (exact) mass is 587 g/mol. The quantitative estimate of drug-likeness (QED) is 0.300. The molecule has 10 nitrogen and oxygen atoms in total. The van der Waals surface area contributed by atoms with Gasteiger partial charge >= 0.3 is 0 Å². The zero-order valence-electron chi connectivity index (χ0n) is 22.1. The zero-order valence-corrected chi connectivity index (χ0v) is 23.7. The summed E-state index contributed by atoms with van der Waals surface area (Å²) in [5, 5.41) is 2.59. The van der Waals surface area contributed by atoms with Crippen LogP contribution in [0, 0.1) is 11.7 Å². The van der Waals surface area contributed by atoms with Gasteiger partial charge in [0.1, 0.15) is 16.4 Å². The Labute approximate surface area is 235 Å². The van der Waals surface area contributed by atoms with E-state index >= 15 is 0 Å². The number of hydrogen-bond donors (Lipinski definition) is 2. The van der Waals surface area contributed by atoms with Crippen molar-refractivity contribution in [3.05, 3.63) is 76.2 Å². The Bertz CT molecular complexity index is 1760. The topological polar surface area (TPSA) is 132 Å². The van der Waals surface area contributed by atoms with E-state index in [1.54, 1.807) is 39.0 Å². The second-order valence-electron chi connectivity index (χ2n) is 9.37. The molecule has 210 valence electrons. The summed E-state index contributed by atoms with van der Waals surface area (Å²) in [5.41, 5.74) is 1.19. The number of anilines is 1. The number of carbonyl (C=O) groups excluding carboxylic acids is 1. The molecule has 2 N–H and O–H groups in total. The van der Waals surface area contributed by atoms with E-state index in [-0.39, 0.29) is 45.6 Å². The van der Waals surface area contributed by atoms with Gasteiger partial charge in [0.05, 0.1) is 34.3 Å². The minimum atomic E-state index is -4.25. The van der Waals surface area contributed by atoms with E-state index in [1.807, 2.05) is 0 Å². The first kappa shape index (κ1) is 29.0. The average Bonchev–Trinajstić information content (AvgIpc) is 2.90. The Morgan fingerprint density at radius 1 is 1.10 bits per heavy atom. The minimum Gasteiger partial charge on any atom is -0.473 e. The van der Waals surface area contributed by atoms with Crippen LogP contribution in [0.15, 0.2) is 64.7 Å². The molecule has 0 unspecified atom stereocenters. The van der Waals surface area contributed by atoms with E-state index in [4.69, 9.17) is 16.3 Å². The number of halogens is 2. The van der Waals surface area contributed by atoms with Crippen LogP contribution in [-0.4, -0.2) is 42.0 Å². The molecule has 4 rings (SSSR count). The van der Waals surface area contributed by atoms with Gasteiger partial charge in [0.25, 0.3) is 15.6 Å². The Balaban J connectivity index is 1.76. The van der Waals surface area contributed by atoms with Crippen LogP contribution in [-0.2, 0) is 21.4 Å². The van der Waals surface area contributed by atoms with E-state index in [0.29, 0.717) is 22.0 Å². The van der Waals surface area contributed by atoms with Gasteiger partial charge in [-0.3, -0.25) is 18.9 Å². The SMILES string of the molecule is CNC(=O)[C@H](C)Cn1cnc2ccc(-c3cnc(OC(C)C)c(NS(=O)(=O)c4ccc(F)cc4Cl)c3)cc2c1=O. The van der Waals surface area contributed by atoms with Crippen molar-refractivity contribution in [2.45, 2.75) is 38.3 Å². The number of aromatic nitrogens is 3. The van der Waals surface area contributed by atoms with Crippen LogP contribution in [0.1, 0.15) is 20.8 Å². The molecule has 1 amide bonds. The molecule has 13 heteroatoms. The Morgan fingerprint density at radius 3 is 2.52 bits per heavy atom. The smallest absolute Gasteiger partial charge is 0.263 e. The van der Waals surface area contributed by atoms with Crippen LogP contribution >= 0.6 is 11.6 Å². The number of carbonyl (C=O) groups is 1. The van der Waals surface area contributed by atoms with Crippen molar-refractivity contribution >= 4 is 44.1 Å². The summed E-state index contributed by atoms with van der Waals surface area (Å²) < 4.78 is 49.3. The lowest BCUT2D eigenvalue weighted by molar-refractivity contribution is -0.124. The van der Waals surface area contributed by atoms with Gasteiger partial charge in [-0.15, -0.1) is 0 Å². The number of hydrogen-bond acceptors (Lipinski definition) is 7. The fraction of sp³-hybridized carbons (Fsp3) is 0.259. The van der Waals surface area contributed by atoms with Crippen molar-refractivity contribution in [1.29, 1.82) is 0 Å². The van der Waals surface area contributed by atoms with Crippen LogP contribution in [0.4, 0.5) is 10.1 Å². The lowest BCUT2D eigenvalue weighted by Gasteiger charge is -2.16. The molecule has 0 saturated carbocycles. The van der Waals surface area contributed by atoms with E-state index in [1.165, 1.54) is 30.2 Å². The van der Waals surface area contributed by atoms with Crippen LogP contribution < -0.4 is 20.3 Å². The number of ether oxygens (including phenoxy) is 1. The molecule has 0 radical (unpaired) electrons. The molecule has 2 aromatic carbocycles. The molecule has 1 atom stereocenters. The summed E-state index contributed by atoms with van der Waals surface area (Å²) in [6.45, 7) is 5.38. The highest BCUT2D eigenvalue weighted by Crippen LogP contribution is 2.33. The summed E-state index contributed by atoms with van der Waals surface area (Å²) in [7, 11) is -2.72. The van der Waals surface area contributed by atoms with Gasteiger partial charge in [-0.1, -0.05) is 24.6 Å². The first-order valence-electron chi connectivity index (χ1n) is 12.3.